The Morgan fingerprint density at radius 3 is 2.68 bits per heavy atom. The van der Waals surface area contributed by atoms with Crippen LogP contribution in [0.25, 0.3) is 0 Å². The van der Waals surface area contributed by atoms with E-state index in [2.05, 4.69) is 21.2 Å². The molecule has 19 heavy (non-hydrogen) atoms. The number of hydrogen-bond donors (Lipinski definition) is 2. The van der Waals surface area contributed by atoms with Gasteiger partial charge in [0.15, 0.2) is 0 Å². The molecule has 2 nitrogen and oxygen atoms in total. The van der Waals surface area contributed by atoms with E-state index in [4.69, 9.17) is 29.6 Å². The summed E-state index contributed by atoms with van der Waals surface area (Å²) in [7, 11) is 0. The number of rotatable bonds is 3. The fraction of sp³-hybridized carbons (Fsp3) is 0.0714. The highest BCUT2D eigenvalue weighted by Crippen LogP contribution is 2.31. The summed E-state index contributed by atoms with van der Waals surface area (Å²) in [5, 5.41) is 3.85. The van der Waals surface area contributed by atoms with Gasteiger partial charge in [0, 0.05) is 4.47 Å². The highest BCUT2D eigenvalue weighted by Gasteiger charge is 2.11. The molecule has 0 unspecified atom stereocenters. The van der Waals surface area contributed by atoms with E-state index in [1.165, 1.54) is 0 Å². The van der Waals surface area contributed by atoms with Gasteiger partial charge in [0.2, 0.25) is 0 Å². The Balaban J connectivity index is 2.46. The van der Waals surface area contributed by atoms with Gasteiger partial charge < -0.3 is 11.1 Å². The van der Waals surface area contributed by atoms with E-state index < -0.39 is 0 Å². The van der Waals surface area contributed by atoms with Gasteiger partial charge in [-0.1, -0.05) is 36.0 Å². The van der Waals surface area contributed by atoms with E-state index in [0.717, 1.165) is 21.4 Å². The van der Waals surface area contributed by atoms with Crippen LogP contribution in [0.15, 0.2) is 40.9 Å². The maximum atomic E-state index is 6.14. The van der Waals surface area contributed by atoms with E-state index in [0.29, 0.717) is 10.6 Å². The molecule has 0 radical (unpaired) electrons. The van der Waals surface area contributed by atoms with Crippen LogP contribution in [0.2, 0.25) is 5.02 Å². The highest BCUT2D eigenvalue weighted by atomic mass is 79.9. The molecule has 3 N–H and O–H groups in total. The number of benzene rings is 2. The first kappa shape index (κ1) is 14.3. The third-order valence-corrected chi connectivity index (χ3v) is 3.86. The fourth-order valence-corrected chi connectivity index (χ4v) is 2.66. The van der Waals surface area contributed by atoms with Crippen LogP contribution in [0.1, 0.15) is 11.1 Å². The Hall–Kier alpha value is -1.10. The molecule has 2 rings (SSSR count). The zero-order valence-corrected chi connectivity index (χ0v) is 13.4. The lowest BCUT2D eigenvalue weighted by molar-refractivity contribution is 1.43. The molecule has 0 atom stereocenters. The zero-order chi connectivity index (χ0) is 14.0. The predicted octanol–water partition coefficient (Wildman–Crippen LogP) is 4.79. The van der Waals surface area contributed by atoms with Gasteiger partial charge in [-0.2, -0.15) is 0 Å². The first-order chi connectivity index (χ1) is 8.99. The van der Waals surface area contributed by atoms with Gasteiger partial charge >= 0.3 is 0 Å². The van der Waals surface area contributed by atoms with Crippen molar-refractivity contribution in [3.63, 3.8) is 0 Å². The van der Waals surface area contributed by atoms with Crippen LogP contribution in [0.5, 0.6) is 0 Å². The topological polar surface area (TPSA) is 38.0 Å². The fourth-order valence-electron chi connectivity index (χ4n) is 1.76. The molecule has 0 amide bonds. The van der Waals surface area contributed by atoms with Crippen LogP contribution >= 0.6 is 39.7 Å². The van der Waals surface area contributed by atoms with Crippen LogP contribution in [0.3, 0.4) is 0 Å². The largest absolute Gasteiger partial charge is 0.389 e. The molecule has 0 saturated carbocycles. The number of nitrogens with two attached hydrogens (primary N) is 1. The van der Waals surface area contributed by atoms with Crippen LogP contribution < -0.4 is 11.1 Å². The van der Waals surface area contributed by atoms with Crippen molar-refractivity contribution in [3.8, 4) is 0 Å². The van der Waals surface area contributed by atoms with E-state index in [-0.39, 0.29) is 4.99 Å². The summed E-state index contributed by atoms with van der Waals surface area (Å²) in [5.74, 6) is 0. The van der Waals surface area contributed by atoms with Crippen molar-refractivity contribution in [2.75, 3.05) is 5.32 Å². The Bertz CT molecular complexity index is 643. The van der Waals surface area contributed by atoms with Crippen molar-refractivity contribution in [3.05, 3.63) is 57.0 Å². The number of halogens is 2. The number of thiocarbonyl (C=S) groups is 1. The second-order valence-corrected chi connectivity index (χ2v) is 5.84. The molecule has 0 aromatic heterocycles. The summed E-state index contributed by atoms with van der Waals surface area (Å²) >= 11 is 14.7. The quantitative estimate of drug-likeness (QED) is 0.778. The SMILES string of the molecule is Cc1ccc(Br)c(Nc2cccc(Cl)c2C(N)=S)c1. The van der Waals surface area contributed by atoms with Gasteiger partial charge in [-0.3, -0.25) is 0 Å². The first-order valence-corrected chi connectivity index (χ1v) is 7.18. The average Bonchev–Trinajstić information content (AvgIpc) is 2.33. The highest BCUT2D eigenvalue weighted by molar-refractivity contribution is 9.10. The van der Waals surface area contributed by atoms with Crippen molar-refractivity contribution < 1.29 is 0 Å². The summed E-state index contributed by atoms with van der Waals surface area (Å²) in [4.78, 5) is 0.275. The van der Waals surface area contributed by atoms with Crippen LogP contribution in [-0.2, 0) is 0 Å². The molecular weight excluding hydrogens is 344 g/mol. The normalized spacial score (nSPS) is 10.3. The lowest BCUT2D eigenvalue weighted by Gasteiger charge is -2.14. The number of aryl methyl sites for hydroxylation is 1. The van der Waals surface area contributed by atoms with E-state index in [1.807, 2.05) is 37.3 Å². The van der Waals surface area contributed by atoms with Crippen molar-refractivity contribution in [2.24, 2.45) is 5.73 Å². The zero-order valence-electron chi connectivity index (χ0n) is 10.2. The molecule has 0 bridgehead atoms. The maximum Gasteiger partial charge on any atom is 0.107 e. The monoisotopic (exact) mass is 354 g/mol. The van der Waals surface area contributed by atoms with Crippen LogP contribution in [0, 0.1) is 6.92 Å². The third-order valence-electron chi connectivity index (χ3n) is 2.65. The molecule has 5 heteroatoms. The Morgan fingerprint density at radius 1 is 1.26 bits per heavy atom. The van der Waals surface area contributed by atoms with Crippen molar-refractivity contribution >= 4 is 56.1 Å². The van der Waals surface area contributed by atoms with Gasteiger partial charge in [-0.15, -0.1) is 0 Å². The van der Waals surface area contributed by atoms with Crippen LogP contribution in [-0.4, -0.2) is 4.99 Å². The van der Waals surface area contributed by atoms with Crippen molar-refractivity contribution in [1.29, 1.82) is 0 Å². The molecule has 98 valence electrons. The van der Waals surface area contributed by atoms with E-state index >= 15 is 0 Å². The van der Waals surface area contributed by atoms with Gasteiger partial charge in [0.1, 0.15) is 4.99 Å². The number of anilines is 2. The molecule has 0 aliphatic heterocycles. The Morgan fingerprint density at radius 2 is 2.00 bits per heavy atom. The molecule has 0 aliphatic carbocycles. The third kappa shape index (κ3) is 3.26. The molecule has 0 saturated heterocycles. The lowest BCUT2D eigenvalue weighted by atomic mass is 10.1. The van der Waals surface area contributed by atoms with Crippen molar-refractivity contribution in [1.82, 2.24) is 0 Å². The minimum absolute atomic E-state index is 0.275. The molecular formula is C14H12BrClN2S. The molecule has 0 heterocycles. The van der Waals surface area contributed by atoms with Gasteiger partial charge in [0.05, 0.1) is 22.0 Å². The maximum absolute atomic E-state index is 6.14. The molecule has 2 aromatic carbocycles. The summed E-state index contributed by atoms with van der Waals surface area (Å²) in [6.07, 6.45) is 0. The Labute approximate surface area is 131 Å². The van der Waals surface area contributed by atoms with Crippen LogP contribution in [0.4, 0.5) is 11.4 Å². The summed E-state index contributed by atoms with van der Waals surface area (Å²) in [6.45, 7) is 2.03. The smallest absolute Gasteiger partial charge is 0.107 e. The molecule has 0 fully saturated rings. The second kappa shape index (κ2) is 5.90. The van der Waals surface area contributed by atoms with Crippen molar-refractivity contribution in [2.45, 2.75) is 6.92 Å². The summed E-state index contributed by atoms with van der Waals surface area (Å²) in [6, 6.07) is 11.6. The van der Waals surface area contributed by atoms with E-state index in [1.54, 1.807) is 6.07 Å². The summed E-state index contributed by atoms with van der Waals surface area (Å²) < 4.78 is 0.965. The lowest BCUT2D eigenvalue weighted by Crippen LogP contribution is -2.12. The van der Waals surface area contributed by atoms with Gasteiger partial charge in [-0.05, 0) is 52.7 Å². The Kier molecular flexibility index (Phi) is 4.45. The molecule has 2 aromatic rings. The predicted molar refractivity (Wildman–Crippen MR) is 89.5 cm³/mol. The first-order valence-electron chi connectivity index (χ1n) is 5.60. The van der Waals surface area contributed by atoms with Gasteiger partial charge in [0.25, 0.3) is 0 Å². The average molecular weight is 356 g/mol. The molecule has 0 aliphatic rings. The minimum Gasteiger partial charge on any atom is -0.389 e. The standard InChI is InChI=1S/C14H12BrClN2S/c1-8-5-6-9(15)12(7-8)18-11-4-2-3-10(16)13(11)14(17)19/h2-7,18H,1H3,(H2,17,19). The number of hydrogen-bond acceptors (Lipinski definition) is 2. The second-order valence-electron chi connectivity index (χ2n) is 4.13. The van der Waals surface area contributed by atoms with E-state index in [9.17, 15) is 0 Å². The molecule has 0 spiro atoms. The van der Waals surface area contributed by atoms with Gasteiger partial charge in [-0.25, -0.2) is 0 Å². The minimum atomic E-state index is 0.275. The summed E-state index contributed by atoms with van der Waals surface area (Å²) in [5.41, 5.74) is 9.29. The number of nitrogens with one attached hydrogen (secondary N) is 1.